The molecule has 0 bridgehead atoms. The smallest absolute Gasteiger partial charge is 0.227 e. The average Bonchev–Trinajstić information content (AvgIpc) is 2.62. The van der Waals surface area contributed by atoms with Crippen LogP contribution in [0.15, 0.2) is 0 Å². The minimum Gasteiger partial charge on any atom is -0.355 e. The van der Waals surface area contributed by atoms with Crippen molar-refractivity contribution in [1.29, 1.82) is 0 Å². The van der Waals surface area contributed by atoms with E-state index >= 15 is 0 Å². The van der Waals surface area contributed by atoms with Gasteiger partial charge in [-0.05, 0) is 38.3 Å². The summed E-state index contributed by atoms with van der Waals surface area (Å²) in [6.45, 7) is 8.69. The fourth-order valence-electron chi connectivity index (χ4n) is 2.33. The Morgan fingerprint density at radius 1 is 1.41 bits per heavy atom. The highest BCUT2D eigenvalue weighted by Crippen LogP contribution is 2.33. The molecule has 0 aromatic carbocycles. The van der Waals surface area contributed by atoms with Crippen LogP contribution >= 0.6 is 0 Å². The van der Waals surface area contributed by atoms with Gasteiger partial charge in [-0.1, -0.05) is 13.8 Å². The van der Waals surface area contributed by atoms with Crippen LogP contribution in [0.2, 0.25) is 0 Å². The highest BCUT2D eigenvalue weighted by atomic mass is 16.2. The first-order valence-electron chi connectivity index (χ1n) is 6.26. The number of amides is 1. The summed E-state index contributed by atoms with van der Waals surface area (Å²) in [5, 5.41) is 2.87. The molecule has 0 radical (unpaired) electrons. The second-order valence-electron chi connectivity index (χ2n) is 5.89. The molecule has 4 nitrogen and oxygen atoms in total. The lowest BCUT2D eigenvalue weighted by molar-refractivity contribution is -0.127. The van der Waals surface area contributed by atoms with Crippen LogP contribution in [0, 0.1) is 11.3 Å². The van der Waals surface area contributed by atoms with E-state index in [2.05, 4.69) is 31.1 Å². The van der Waals surface area contributed by atoms with Crippen LogP contribution in [0.25, 0.3) is 0 Å². The molecule has 98 valence electrons. The maximum atomic E-state index is 11.4. The number of rotatable bonds is 5. The molecule has 17 heavy (non-hydrogen) atoms. The molecule has 1 unspecified atom stereocenters. The molecule has 1 amide bonds. The Morgan fingerprint density at radius 3 is 2.53 bits per heavy atom. The van der Waals surface area contributed by atoms with Crippen molar-refractivity contribution in [3.63, 3.8) is 0 Å². The van der Waals surface area contributed by atoms with Gasteiger partial charge in [-0.2, -0.15) is 0 Å². The first-order valence-corrected chi connectivity index (χ1v) is 6.26. The molecule has 0 saturated carbocycles. The minimum absolute atomic E-state index is 0.000644. The standard InChI is InChI=1S/C13H24N2O2/c1-10(16)7-12(17)14-9-13(2,3)11-5-6-15(4)8-11/h11H,5-9H2,1-4H3,(H,14,17). The molecule has 1 atom stereocenters. The van der Waals surface area contributed by atoms with Gasteiger partial charge < -0.3 is 10.2 Å². The van der Waals surface area contributed by atoms with Crippen LogP contribution in [0.3, 0.4) is 0 Å². The third-order valence-corrected chi connectivity index (χ3v) is 3.65. The van der Waals surface area contributed by atoms with Gasteiger partial charge in [0, 0.05) is 13.1 Å². The van der Waals surface area contributed by atoms with Crippen LogP contribution in [0.4, 0.5) is 0 Å². The number of ketones is 1. The van der Waals surface area contributed by atoms with Crippen LogP contribution in [0.5, 0.6) is 0 Å². The summed E-state index contributed by atoms with van der Waals surface area (Å²) in [7, 11) is 2.13. The van der Waals surface area contributed by atoms with Crippen molar-refractivity contribution < 1.29 is 9.59 Å². The van der Waals surface area contributed by atoms with E-state index in [1.165, 1.54) is 13.3 Å². The summed E-state index contributed by atoms with van der Waals surface area (Å²) in [5.74, 6) is 0.378. The summed E-state index contributed by atoms with van der Waals surface area (Å²) >= 11 is 0. The Hall–Kier alpha value is -0.900. The normalized spacial score (nSPS) is 21.5. The van der Waals surface area contributed by atoms with E-state index in [0.717, 1.165) is 13.1 Å². The van der Waals surface area contributed by atoms with Gasteiger partial charge in [0.15, 0.2) is 0 Å². The minimum atomic E-state index is -0.156. The quantitative estimate of drug-likeness (QED) is 0.731. The lowest BCUT2D eigenvalue weighted by Gasteiger charge is -2.31. The highest BCUT2D eigenvalue weighted by molar-refractivity contribution is 5.96. The van der Waals surface area contributed by atoms with Crippen LogP contribution in [-0.4, -0.2) is 43.3 Å². The number of hydrogen-bond acceptors (Lipinski definition) is 3. The Bertz CT molecular complexity index is 300. The first kappa shape index (κ1) is 14.2. The van der Waals surface area contributed by atoms with E-state index in [1.807, 2.05) is 0 Å². The molecule has 0 aromatic rings. The first-order chi connectivity index (χ1) is 7.81. The molecule has 0 aliphatic carbocycles. The zero-order valence-electron chi connectivity index (χ0n) is 11.4. The van der Waals surface area contributed by atoms with E-state index in [0.29, 0.717) is 12.5 Å². The van der Waals surface area contributed by atoms with Gasteiger partial charge in [0.1, 0.15) is 5.78 Å². The molecule has 1 rings (SSSR count). The summed E-state index contributed by atoms with van der Waals surface area (Å²) < 4.78 is 0. The van der Waals surface area contributed by atoms with Gasteiger partial charge in [0.05, 0.1) is 6.42 Å². The lowest BCUT2D eigenvalue weighted by Crippen LogP contribution is -2.39. The van der Waals surface area contributed by atoms with Gasteiger partial charge in [0.2, 0.25) is 5.91 Å². The third-order valence-electron chi connectivity index (χ3n) is 3.65. The Balaban J connectivity index is 2.39. The van der Waals surface area contributed by atoms with Crippen LogP contribution in [-0.2, 0) is 9.59 Å². The molecule has 1 saturated heterocycles. The second-order valence-corrected chi connectivity index (χ2v) is 5.89. The average molecular weight is 240 g/mol. The number of carbonyl (C=O) groups excluding carboxylic acids is 2. The molecular formula is C13H24N2O2. The molecule has 0 spiro atoms. The molecule has 1 aliphatic rings. The molecular weight excluding hydrogens is 216 g/mol. The monoisotopic (exact) mass is 240 g/mol. The van der Waals surface area contributed by atoms with E-state index < -0.39 is 0 Å². The third kappa shape index (κ3) is 4.46. The van der Waals surface area contributed by atoms with Crippen molar-refractivity contribution in [1.82, 2.24) is 10.2 Å². The zero-order valence-corrected chi connectivity index (χ0v) is 11.4. The van der Waals surface area contributed by atoms with Gasteiger partial charge >= 0.3 is 0 Å². The van der Waals surface area contributed by atoms with Gasteiger partial charge in [0.25, 0.3) is 0 Å². The molecule has 1 fully saturated rings. The molecule has 1 aliphatic heterocycles. The number of Topliss-reactive ketones (excluding diaryl/α,β-unsaturated/α-hetero) is 1. The summed E-state index contributed by atoms with van der Waals surface area (Å²) in [4.78, 5) is 24.6. The van der Waals surface area contributed by atoms with Crippen LogP contribution in [0.1, 0.15) is 33.6 Å². The lowest BCUT2D eigenvalue weighted by atomic mass is 9.78. The molecule has 1 heterocycles. The predicted octanol–water partition coefficient (Wildman–Crippen LogP) is 1.06. The van der Waals surface area contributed by atoms with E-state index in [1.54, 1.807) is 0 Å². The van der Waals surface area contributed by atoms with E-state index in [4.69, 9.17) is 0 Å². The fraction of sp³-hybridized carbons (Fsp3) is 0.846. The van der Waals surface area contributed by atoms with E-state index in [-0.39, 0.29) is 23.5 Å². The summed E-state index contributed by atoms with van der Waals surface area (Å²) in [6.07, 6.45) is 1.19. The number of nitrogens with zero attached hydrogens (tertiary/aromatic N) is 1. The van der Waals surface area contributed by atoms with Crippen LogP contribution < -0.4 is 5.32 Å². The van der Waals surface area contributed by atoms with Crippen molar-refractivity contribution in [2.45, 2.75) is 33.6 Å². The van der Waals surface area contributed by atoms with Crippen molar-refractivity contribution in [3.05, 3.63) is 0 Å². The van der Waals surface area contributed by atoms with Gasteiger partial charge in [-0.15, -0.1) is 0 Å². The Morgan fingerprint density at radius 2 is 2.06 bits per heavy atom. The Labute approximate surface area is 104 Å². The van der Waals surface area contributed by atoms with E-state index in [9.17, 15) is 9.59 Å². The van der Waals surface area contributed by atoms with Crippen molar-refractivity contribution in [2.24, 2.45) is 11.3 Å². The number of nitrogens with one attached hydrogen (secondary N) is 1. The number of hydrogen-bond donors (Lipinski definition) is 1. The van der Waals surface area contributed by atoms with Gasteiger partial charge in [-0.3, -0.25) is 9.59 Å². The van der Waals surface area contributed by atoms with Crippen molar-refractivity contribution >= 4 is 11.7 Å². The predicted molar refractivity (Wildman–Crippen MR) is 67.7 cm³/mol. The van der Waals surface area contributed by atoms with Crippen molar-refractivity contribution in [3.8, 4) is 0 Å². The SMILES string of the molecule is CC(=O)CC(=O)NCC(C)(C)C1CCN(C)C1. The maximum Gasteiger partial charge on any atom is 0.227 e. The molecule has 1 N–H and O–H groups in total. The number of carbonyl (C=O) groups is 2. The molecule has 0 aromatic heterocycles. The Kier molecular flexibility index (Phi) is 4.69. The molecule has 4 heteroatoms. The van der Waals surface area contributed by atoms with Gasteiger partial charge in [-0.25, -0.2) is 0 Å². The zero-order chi connectivity index (χ0) is 13.1. The van der Waals surface area contributed by atoms with Crippen molar-refractivity contribution in [2.75, 3.05) is 26.7 Å². The largest absolute Gasteiger partial charge is 0.355 e. The fourth-order valence-corrected chi connectivity index (χ4v) is 2.33. The number of likely N-dealkylation sites (tertiary alicyclic amines) is 1. The summed E-state index contributed by atoms with van der Waals surface area (Å²) in [6, 6.07) is 0. The highest BCUT2D eigenvalue weighted by Gasteiger charge is 2.34. The maximum absolute atomic E-state index is 11.4. The summed E-state index contributed by atoms with van der Waals surface area (Å²) in [5.41, 5.74) is 0.0945. The second kappa shape index (κ2) is 5.63. The topological polar surface area (TPSA) is 49.4 Å².